The molecular weight excluding hydrogens is 268 g/mol. The molecule has 1 amide bonds. The van der Waals surface area contributed by atoms with Crippen LogP contribution in [0.5, 0.6) is 0 Å². The average molecular weight is 286 g/mol. The molecule has 0 saturated heterocycles. The van der Waals surface area contributed by atoms with E-state index in [1.807, 2.05) is 27.7 Å². The highest BCUT2D eigenvalue weighted by Crippen LogP contribution is 2.29. The lowest BCUT2D eigenvalue weighted by molar-refractivity contribution is -0.123. The highest BCUT2D eigenvalue weighted by molar-refractivity contribution is 8.01. The van der Waals surface area contributed by atoms with Crippen molar-refractivity contribution in [2.24, 2.45) is 11.1 Å². The van der Waals surface area contributed by atoms with Crippen LogP contribution >= 0.6 is 23.1 Å². The normalized spacial score (nSPS) is 11.6. The Labute approximate surface area is 115 Å². The molecule has 100 valence electrons. The van der Waals surface area contributed by atoms with Crippen molar-refractivity contribution in [2.75, 3.05) is 5.75 Å². The zero-order chi connectivity index (χ0) is 13.9. The summed E-state index contributed by atoms with van der Waals surface area (Å²) < 4.78 is 0.821. The molecule has 0 radical (unpaired) electrons. The molecule has 1 aromatic heterocycles. The maximum atomic E-state index is 11.8. The van der Waals surface area contributed by atoms with Gasteiger partial charge in [-0.1, -0.05) is 32.5 Å². The number of hydrogen-bond donors (Lipinski definition) is 1. The first-order valence-electron chi connectivity index (χ1n) is 5.61. The van der Waals surface area contributed by atoms with Gasteiger partial charge in [0.25, 0.3) is 0 Å². The van der Waals surface area contributed by atoms with E-state index >= 15 is 0 Å². The second-order valence-corrected chi connectivity index (χ2v) is 7.40. The summed E-state index contributed by atoms with van der Waals surface area (Å²) in [4.78, 5) is 27.9. The molecular formula is C12H18N2O2S2. The molecule has 4 nitrogen and oxygen atoms in total. The third-order valence-electron chi connectivity index (χ3n) is 2.37. The van der Waals surface area contributed by atoms with Gasteiger partial charge in [-0.2, -0.15) is 0 Å². The second kappa shape index (κ2) is 5.84. The summed E-state index contributed by atoms with van der Waals surface area (Å²) in [5, 5.41) is 0. The lowest BCUT2D eigenvalue weighted by Crippen LogP contribution is -2.21. The molecule has 0 saturated carbocycles. The summed E-state index contributed by atoms with van der Waals surface area (Å²) in [5.41, 5.74) is 5.66. The third-order valence-corrected chi connectivity index (χ3v) is 4.67. The Morgan fingerprint density at radius 2 is 2.00 bits per heavy atom. The van der Waals surface area contributed by atoms with Gasteiger partial charge in [0.2, 0.25) is 5.91 Å². The summed E-state index contributed by atoms with van der Waals surface area (Å²) in [7, 11) is 0. The van der Waals surface area contributed by atoms with E-state index < -0.39 is 0 Å². The van der Waals surface area contributed by atoms with Crippen LogP contribution in [0.3, 0.4) is 0 Å². The van der Waals surface area contributed by atoms with Gasteiger partial charge in [-0.15, -0.1) is 11.3 Å². The number of primary amides is 1. The molecule has 0 aliphatic rings. The number of amides is 1. The zero-order valence-electron chi connectivity index (χ0n) is 11.1. The largest absolute Gasteiger partial charge is 0.369 e. The summed E-state index contributed by atoms with van der Waals surface area (Å²) in [6, 6.07) is 0. The number of hydrogen-bond acceptors (Lipinski definition) is 5. The van der Waals surface area contributed by atoms with Gasteiger partial charge in [0.1, 0.15) is 5.78 Å². The minimum Gasteiger partial charge on any atom is -0.369 e. The first-order valence-corrected chi connectivity index (χ1v) is 7.41. The number of carbonyl (C=O) groups excluding carboxylic acids is 2. The van der Waals surface area contributed by atoms with Crippen LogP contribution in [0.15, 0.2) is 4.34 Å². The van der Waals surface area contributed by atoms with E-state index in [-0.39, 0.29) is 23.5 Å². The van der Waals surface area contributed by atoms with Gasteiger partial charge in [0.05, 0.1) is 17.9 Å². The van der Waals surface area contributed by atoms with Crippen LogP contribution < -0.4 is 5.73 Å². The number of nitrogens with two attached hydrogens (primary N) is 1. The first-order chi connectivity index (χ1) is 8.20. The van der Waals surface area contributed by atoms with Crippen LogP contribution in [0.2, 0.25) is 0 Å². The fraction of sp³-hybridized carbons (Fsp3) is 0.583. The monoisotopic (exact) mass is 286 g/mol. The number of ketones is 1. The molecule has 1 aromatic rings. The van der Waals surface area contributed by atoms with Crippen LogP contribution in [0.1, 0.15) is 31.3 Å². The second-order valence-electron chi connectivity index (χ2n) is 5.09. The van der Waals surface area contributed by atoms with Crippen molar-refractivity contribution in [3.63, 3.8) is 0 Å². The van der Waals surface area contributed by atoms with Crippen molar-refractivity contribution in [1.29, 1.82) is 0 Å². The molecule has 18 heavy (non-hydrogen) atoms. The Hall–Kier alpha value is -0.880. The molecule has 0 aromatic carbocycles. The minimum absolute atomic E-state index is 0.191. The molecule has 0 aliphatic carbocycles. The van der Waals surface area contributed by atoms with Crippen molar-refractivity contribution in [3.05, 3.63) is 10.6 Å². The summed E-state index contributed by atoms with van der Waals surface area (Å²) in [6.45, 7) is 7.56. The number of aromatic nitrogens is 1. The Morgan fingerprint density at radius 1 is 1.39 bits per heavy atom. The molecule has 1 rings (SSSR count). The van der Waals surface area contributed by atoms with Crippen molar-refractivity contribution < 1.29 is 9.59 Å². The fourth-order valence-corrected chi connectivity index (χ4v) is 3.53. The molecule has 0 unspecified atom stereocenters. The van der Waals surface area contributed by atoms with E-state index in [2.05, 4.69) is 4.98 Å². The average Bonchev–Trinajstić information content (AvgIpc) is 2.54. The van der Waals surface area contributed by atoms with Gasteiger partial charge < -0.3 is 5.73 Å². The Kier molecular flexibility index (Phi) is 4.92. The van der Waals surface area contributed by atoms with E-state index in [9.17, 15) is 9.59 Å². The lowest BCUT2D eigenvalue weighted by atomic mass is 9.92. The van der Waals surface area contributed by atoms with Crippen LogP contribution in [0, 0.1) is 12.3 Å². The molecule has 0 atom stereocenters. The predicted molar refractivity (Wildman–Crippen MR) is 74.9 cm³/mol. The number of Topliss-reactive ketones (excluding diaryl/α,β-unsaturated/α-hetero) is 1. The third kappa shape index (κ3) is 4.42. The maximum absolute atomic E-state index is 11.8. The van der Waals surface area contributed by atoms with E-state index in [1.165, 1.54) is 23.1 Å². The maximum Gasteiger partial charge on any atom is 0.222 e. The molecule has 0 spiro atoms. The van der Waals surface area contributed by atoms with Crippen LogP contribution in [0.25, 0.3) is 0 Å². The van der Waals surface area contributed by atoms with E-state index in [0.29, 0.717) is 5.75 Å². The van der Waals surface area contributed by atoms with Gasteiger partial charge >= 0.3 is 0 Å². The predicted octanol–water partition coefficient (Wildman–Crippen LogP) is 2.19. The number of nitrogens with zero attached hydrogens (tertiary/aromatic N) is 1. The number of carbonyl (C=O) groups is 2. The summed E-state index contributed by atoms with van der Waals surface area (Å²) in [6.07, 6.45) is 0.220. The topological polar surface area (TPSA) is 73.1 Å². The molecule has 2 N–H and O–H groups in total. The molecule has 1 heterocycles. The van der Waals surface area contributed by atoms with Crippen LogP contribution in [-0.4, -0.2) is 22.4 Å². The summed E-state index contributed by atoms with van der Waals surface area (Å²) >= 11 is 2.86. The number of rotatable bonds is 5. The molecule has 0 fully saturated rings. The van der Waals surface area contributed by atoms with Crippen molar-refractivity contribution >= 4 is 34.8 Å². The molecule has 0 bridgehead atoms. The zero-order valence-corrected chi connectivity index (χ0v) is 12.7. The minimum atomic E-state index is -0.357. The SMILES string of the molecule is Cc1nc(SCC(=O)C(C)(C)C)sc1CC(N)=O. The Balaban J connectivity index is 2.64. The van der Waals surface area contributed by atoms with E-state index in [1.54, 1.807) is 0 Å². The van der Waals surface area contributed by atoms with E-state index in [4.69, 9.17) is 5.73 Å². The van der Waals surface area contributed by atoms with Crippen molar-refractivity contribution in [1.82, 2.24) is 4.98 Å². The number of thiazole rings is 1. The van der Waals surface area contributed by atoms with Gasteiger partial charge in [-0.05, 0) is 6.92 Å². The van der Waals surface area contributed by atoms with Gasteiger partial charge in [0, 0.05) is 10.3 Å². The molecule has 0 aliphatic heterocycles. The highest BCUT2D eigenvalue weighted by Gasteiger charge is 2.21. The van der Waals surface area contributed by atoms with Gasteiger partial charge in [0.15, 0.2) is 4.34 Å². The smallest absolute Gasteiger partial charge is 0.222 e. The highest BCUT2D eigenvalue weighted by atomic mass is 32.2. The fourth-order valence-electron chi connectivity index (χ4n) is 1.13. The van der Waals surface area contributed by atoms with Crippen molar-refractivity contribution in [3.8, 4) is 0 Å². The number of thioether (sulfide) groups is 1. The van der Waals surface area contributed by atoms with Crippen LogP contribution in [0.4, 0.5) is 0 Å². The van der Waals surface area contributed by atoms with Gasteiger partial charge in [-0.25, -0.2) is 4.98 Å². The van der Waals surface area contributed by atoms with Gasteiger partial charge in [-0.3, -0.25) is 9.59 Å². The van der Waals surface area contributed by atoms with Crippen LogP contribution in [-0.2, 0) is 16.0 Å². The van der Waals surface area contributed by atoms with E-state index in [0.717, 1.165) is 14.9 Å². The first kappa shape index (κ1) is 15.2. The number of aryl methyl sites for hydroxylation is 1. The standard InChI is InChI=1S/C12H18N2O2S2/c1-7-8(5-10(13)16)18-11(14-7)17-6-9(15)12(2,3)4/h5-6H2,1-4H3,(H2,13,16). The lowest BCUT2D eigenvalue weighted by Gasteiger charge is -2.15. The Morgan fingerprint density at radius 3 is 2.50 bits per heavy atom. The summed E-state index contributed by atoms with van der Waals surface area (Å²) in [5.74, 6) is 0.243. The Bertz CT molecular complexity index is 461. The molecule has 6 heteroatoms. The quantitative estimate of drug-likeness (QED) is 0.842. The van der Waals surface area contributed by atoms with Crippen molar-refractivity contribution in [2.45, 2.75) is 38.5 Å².